The smallest absolute Gasteiger partial charge is 0.335 e. The Morgan fingerprint density at radius 3 is 2.71 bits per heavy atom. The van der Waals surface area contributed by atoms with Crippen LogP contribution in [0, 0.1) is 0 Å². The van der Waals surface area contributed by atoms with Crippen molar-refractivity contribution in [3.05, 3.63) is 36.6 Å². The van der Waals surface area contributed by atoms with Gasteiger partial charge in [-0.25, -0.2) is 9.98 Å². The SMILES string of the molecule is C=C/C(Br)=N\C=C(/C)c1ncc(C(F)(F)F)[nH]1. The Bertz CT molecular complexity index is 471. The highest BCUT2D eigenvalue weighted by molar-refractivity contribution is 9.18. The third-order valence-electron chi connectivity index (χ3n) is 1.80. The fourth-order valence-electron chi connectivity index (χ4n) is 0.938. The van der Waals surface area contributed by atoms with E-state index in [-0.39, 0.29) is 5.82 Å². The number of aliphatic imine (C=N–C) groups is 1. The average Bonchev–Trinajstić information content (AvgIpc) is 2.74. The Hall–Kier alpha value is -1.37. The molecular weight excluding hydrogens is 299 g/mol. The van der Waals surface area contributed by atoms with Crippen LogP contribution in [0.3, 0.4) is 0 Å². The summed E-state index contributed by atoms with van der Waals surface area (Å²) in [5.74, 6) is 0.130. The van der Waals surface area contributed by atoms with Crippen molar-refractivity contribution in [3.63, 3.8) is 0 Å². The monoisotopic (exact) mass is 307 g/mol. The van der Waals surface area contributed by atoms with Gasteiger partial charge >= 0.3 is 6.18 Å². The van der Waals surface area contributed by atoms with E-state index in [2.05, 4.69) is 37.5 Å². The summed E-state index contributed by atoms with van der Waals surface area (Å²) >= 11 is 3.09. The van der Waals surface area contributed by atoms with Crippen LogP contribution in [0.4, 0.5) is 13.2 Å². The minimum Gasteiger partial charge on any atom is -0.335 e. The van der Waals surface area contributed by atoms with Gasteiger partial charge in [0.05, 0.1) is 6.20 Å². The third-order valence-corrected chi connectivity index (χ3v) is 2.33. The molecule has 0 saturated carbocycles. The van der Waals surface area contributed by atoms with Gasteiger partial charge in [0.15, 0.2) is 0 Å². The van der Waals surface area contributed by atoms with Gasteiger partial charge in [-0.2, -0.15) is 13.2 Å². The summed E-state index contributed by atoms with van der Waals surface area (Å²) in [6.07, 6.45) is -0.812. The molecule has 0 bridgehead atoms. The molecule has 92 valence electrons. The van der Waals surface area contributed by atoms with Crippen LogP contribution < -0.4 is 0 Å². The molecule has 0 amide bonds. The second kappa shape index (κ2) is 5.31. The maximum absolute atomic E-state index is 12.3. The van der Waals surface area contributed by atoms with Crippen LogP contribution in [0.2, 0.25) is 0 Å². The highest BCUT2D eigenvalue weighted by Gasteiger charge is 2.32. The van der Waals surface area contributed by atoms with Gasteiger partial charge in [-0.3, -0.25) is 0 Å². The molecule has 0 atom stereocenters. The molecule has 1 heterocycles. The minimum atomic E-state index is -4.42. The Labute approximate surface area is 104 Å². The molecule has 1 aromatic rings. The molecule has 3 nitrogen and oxygen atoms in total. The summed E-state index contributed by atoms with van der Waals surface area (Å²) in [6, 6.07) is 0. The predicted octanol–water partition coefficient (Wildman–Crippen LogP) is 3.77. The van der Waals surface area contributed by atoms with Gasteiger partial charge in [0.1, 0.15) is 16.1 Å². The number of alkyl halides is 3. The molecule has 0 aromatic carbocycles. The largest absolute Gasteiger partial charge is 0.432 e. The Balaban J connectivity index is 2.95. The quantitative estimate of drug-likeness (QED) is 0.849. The molecule has 0 fully saturated rings. The van der Waals surface area contributed by atoms with E-state index in [1.807, 2.05) is 0 Å². The molecule has 0 aliphatic carbocycles. The molecule has 0 aliphatic heterocycles. The van der Waals surface area contributed by atoms with E-state index in [1.165, 1.54) is 12.3 Å². The molecule has 1 aromatic heterocycles. The lowest BCUT2D eigenvalue weighted by molar-refractivity contribution is -0.140. The maximum Gasteiger partial charge on any atom is 0.432 e. The van der Waals surface area contributed by atoms with Crippen molar-refractivity contribution in [2.75, 3.05) is 0 Å². The van der Waals surface area contributed by atoms with E-state index >= 15 is 0 Å². The summed E-state index contributed by atoms with van der Waals surface area (Å²) in [7, 11) is 0. The topological polar surface area (TPSA) is 41.0 Å². The lowest BCUT2D eigenvalue weighted by Crippen LogP contribution is -2.05. The Morgan fingerprint density at radius 2 is 2.24 bits per heavy atom. The van der Waals surface area contributed by atoms with Gasteiger partial charge in [0.25, 0.3) is 0 Å². The van der Waals surface area contributed by atoms with Gasteiger partial charge in [0, 0.05) is 11.8 Å². The zero-order valence-electron chi connectivity index (χ0n) is 8.85. The fourth-order valence-corrected chi connectivity index (χ4v) is 1.04. The first-order chi connectivity index (χ1) is 7.84. The molecule has 0 radical (unpaired) electrons. The number of rotatable bonds is 3. The number of aromatic amines is 1. The van der Waals surface area contributed by atoms with Crippen LogP contribution in [0.15, 0.2) is 30.0 Å². The number of halogens is 4. The molecule has 7 heteroatoms. The first-order valence-electron chi connectivity index (χ1n) is 4.49. The van der Waals surface area contributed by atoms with Gasteiger partial charge in [0.2, 0.25) is 0 Å². The number of H-pyrrole nitrogens is 1. The number of aromatic nitrogens is 2. The van der Waals surface area contributed by atoms with Crippen molar-refractivity contribution in [1.82, 2.24) is 9.97 Å². The first-order valence-corrected chi connectivity index (χ1v) is 5.29. The molecular formula is C10H9BrF3N3. The second-order valence-corrected chi connectivity index (χ2v) is 3.92. The van der Waals surface area contributed by atoms with E-state index in [9.17, 15) is 13.2 Å². The molecule has 0 unspecified atom stereocenters. The van der Waals surface area contributed by atoms with Crippen molar-refractivity contribution in [3.8, 4) is 0 Å². The predicted molar refractivity (Wildman–Crippen MR) is 63.8 cm³/mol. The summed E-state index contributed by atoms with van der Waals surface area (Å²) in [5, 5.41) is 0. The molecule has 0 aliphatic rings. The van der Waals surface area contributed by atoms with Gasteiger partial charge in [-0.1, -0.05) is 6.58 Å². The number of hydrogen-bond donors (Lipinski definition) is 1. The average molecular weight is 308 g/mol. The molecule has 17 heavy (non-hydrogen) atoms. The van der Waals surface area contributed by atoms with E-state index in [0.29, 0.717) is 10.2 Å². The number of hydrogen-bond acceptors (Lipinski definition) is 2. The number of nitrogens with zero attached hydrogens (tertiary/aromatic N) is 2. The molecule has 1 N–H and O–H groups in total. The molecule has 0 spiro atoms. The van der Waals surface area contributed by atoms with Crippen LogP contribution in [0.1, 0.15) is 18.4 Å². The Morgan fingerprint density at radius 1 is 1.59 bits per heavy atom. The summed E-state index contributed by atoms with van der Waals surface area (Å²) in [4.78, 5) is 9.71. The van der Waals surface area contributed by atoms with Crippen molar-refractivity contribution in [2.45, 2.75) is 13.1 Å². The highest BCUT2D eigenvalue weighted by Crippen LogP contribution is 2.28. The lowest BCUT2D eigenvalue weighted by atomic mass is 10.3. The van der Waals surface area contributed by atoms with Crippen molar-refractivity contribution in [2.24, 2.45) is 4.99 Å². The number of nitrogens with one attached hydrogen (secondary N) is 1. The van der Waals surface area contributed by atoms with Crippen LogP contribution >= 0.6 is 15.9 Å². The normalized spacial score (nSPS) is 13.9. The second-order valence-electron chi connectivity index (χ2n) is 3.11. The van der Waals surface area contributed by atoms with Gasteiger partial charge < -0.3 is 4.98 Å². The van der Waals surface area contributed by atoms with Crippen LogP contribution in [-0.2, 0) is 6.18 Å². The lowest BCUT2D eigenvalue weighted by Gasteiger charge is -2.01. The zero-order chi connectivity index (χ0) is 13.1. The summed E-state index contributed by atoms with van der Waals surface area (Å²) in [5.41, 5.74) is -0.397. The zero-order valence-corrected chi connectivity index (χ0v) is 10.4. The Kier molecular flexibility index (Phi) is 4.28. The van der Waals surface area contributed by atoms with Crippen LogP contribution in [-0.4, -0.2) is 14.6 Å². The van der Waals surface area contributed by atoms with E-state index in [4.69, 9.17) is 0 Å². The number of allylic oxidation sites excluding steroid dienone is 2. The van der Waals surface area contributed by atoms with E-state index in [1.54, 1.807) is 6.92 Å². The standard InChI is InChI=1S/C10H9BrF3N3/c1-3-8(11)15-4-6(2)9-16-5-7(17-9)10(12,13)14/h3-5H,1H2,2H3,(H,16,17)/b6-4+,15-8+. The highest BCUT2D eigenvalue weighted by atomic mass is 79.9. The fraction of sp³-hybridized carbons (Fsp3) is 0.200. The first kappa shape index (κ1) is 13.7. The third kappa shape index (κ3) is 3.85. The van der Waals surface area contributed by atoms with Gasteiger partial charge in [-0.05, 0) is 28.9 Å². The van der Waals surface area contributed by atoms with E-state index < -0.39 is 11.9 Å². The van der Waals surface area contributed by atoms with Crippen molar-refractivity contribution < 1.29 is 13.2 Å². The summed E-state index contributed by atoms with van der Waals surface area (Å²) < 4.78 is 37.4. The van der Waals surface area contributed by atoms with Crippen molar-refractivity contribution >= 4 is 26.1 Å². The van der Waals surface area contributed by atoms with E-state index in [0.717, 1.165) is 6.20 Å². The number of imidazole rings is 1. The van der Waals surface area contributed by atoms with Gasteiger partial charge in [-0.15, -0.1) is 0 Å². The molecule has 1 rings (SSSR count). The van der Waals surface area contributed by atoms with Crippen molar-refractivity contribution in [1.29, 1.82) is 0 Å². The maximum atomic E-state index is 12.3. The summed E-state index contributed by atoms with van der Waals surface area (Å²) in [6.45, 7) is 5.07. The molecule has 0 saturated heterocycles. The minimum absolute atomic E-state index is 0.130. The van der Waals surface area contributed by atoms with Crippen LogP contribution in [0.25, 0.3) is 5.57 Å². The van der Waals surface area contributed by atoms with Crippen LogP contribution in [0.5, 0.6) is 0 Å².